The summed E-state index contributed by atoms with van der Waals surface area (Å²) in [5, 5.41) is 11.4. The Morgan fingerprint density at radius 1 is 1.21 bits per heavy atom. The summed E-state index contributed by atoms with van der Waals surface area (Å²) in [6.45, 7) is 5.87. The summed E-state index contributed by atoms with van der Waals surface area (Å²) in [6, 6.07) is 6.87. The van der Waals surface area contributed by atoms with E-state index in [9.17, 15) is 9.59 Å². The largest absolute Gasteiger partial charge is 0.514 e. The van der Waals surface area contributed by atoms with E-state index in [1.807, 2.05) is 0 Å². The fraction of sp³-hybridized carbons (Fsp3) is 0.444. The van der Waals surface area contributed by atoms with Gasteiger partial charge in [0, 0.05) is 24.8 Å². The summed E-state index contributed by atoms with van der Waals surface area (Å²) in [5.41, 5.74) is -0.0510. The first-order valence-corrected chi connectivity index (χ1v) is 7.88. The van der Waals surface area contributed by atoms with Crippen LogP contribution in [0.1, 0.15) is 39.2 Å². The van der Waals surface area contributed by atoms with E-state index in [1.165, 1.54) is 6.08 Å². The van der Waals surface area contributed by atoms with Crippen molar-refractivity contribution >= 4 is 18.1 Å². The van der Waals surface area contributed by atoms with E-state index in [4.69, 9.17) is 14.6 Å². The van der Waals surface area contributed by atoms with Crippen LogP contribution in [0.15, 0.2) is 30.3 Å². The van der Waals surface area contributed by atoms with Gasteiger partial charge in [0.1, 0.15) is 11.4 Å². The van der Waals surface area contributed by atoms with Crippen LogP contribution >= 0.6 is 0 Å². The van der Waals surface area contributed by atoms with Gasteiger partial charge in [-0.2, -0.15) is 0 Å². The number of carbonyl (C=O) groups excluding carboxylic acids is 2. The Kier molecular flexibility index (Phi) is 7.98. The van der Waals surface area contributed by atoms with Crippen molar-refractivity contribution < 1.29 is 24.2 Å². The molecule has 6 nitrogen and oxygen atoms in total. The second-order valence-corrected chi connectivity index (χ2v) is 6.16. The van der Waals surface area contributed by atoms with Crippen molar-refractivity contribution in [3.63, 3.8) is 0 Å². The highest BCUT2D eigenvalue weighted by atomic mass is 16.7. The maximum atomic E-state index is 11.8. The molecule has 0 aliphatic rings. The lowest BCUT2D eigenvalue weighted by Gasteiger charge is -2.19. The smallest absolute Gasteiger partial charge is 0.428 e. The number of carbonyl (C=O) groups is 2. The summed E-state index contributed by atoms with van der Waals surface area (Å²) < 4.78 is 10.3. The van der Waals surface area contributed by atoms with Gasteiger partial charge >= 0.3 is 6.16 Å². The van der Waals surface area contributed by atoms with Crippen LogP contribution in [-0.2, 0) is 9.53 Å². The van der Waals surface area contributed by atoms with Gasteiger partial charge in [0.05, 0.1) is 0 Å². The molecule has 0 bridgehead atoms. The summed E-state index contributed by atoms with van der Waals surface area (Å²) in [7, 11) is 0. The van der Waals surface area contributed by atoms with Crippen LogP contribution in [0.4, 0.5) is 4.79 Å². The summed E-state index contributed by atoms with van der Waals surface area (Å²) in [5.74, 6) is 0.0658. The molecule has 1 rings (SSSR count). The van der Waals surface area contributed by atoms with Crippen LogP contribution in [-0.4, -0.2) is 35.9 Å². The number of para-hydroxylation sites is 1. The van der Waals surface area contributed by atoms with Crippen molar-refractivity contribution in [3.05, 3.63) is 35.9 Å². The minimum Gasteiger partial charge on any atom is -0.428 e. The number of aliphatic hydroxyl groups excluding tert-OH is 1. The quantitative estimate of drug-likeness (QED) is 0.346. The van der Waals surface area contributed by atoms with Gasteiger partial charge in [-0.15, -0.1) is 0 Å². The van der Waals surface area contributed by atoms with Crippen molar-refractivity contribution in [1.82, 2.24) is 5.32 Å². The lowest BCUT2D eigenvalue weighted by Crippen LogP contribution is -2.26. The molecule has 0 aromatic heterocycles. The van der Waals surface area contributed by atoms with E-state index in [1.54, 1.807) is 51.1 Å². The highest BCUT2D eigenvalue weighted by Gasteiger charge is 2.18. The lowest BCUT2D eigenvalue weighted by atomic mass is 10.2. The van der Waals surface area contributed by atoms with E-state index in [0.717, 1.165) is 0 Å². The summed E-state index contributed by atoms with van der Waals surface area (Å²) >= 11 is 0. The average Bonchev–Trinajstić information content (AvgIpc) is 2.49. The summed E-state index contributed by atoms with van der Waals surface area (Å²) in [6.07, 6.45) is 3.51. The number of rotatable bonds is 7. The van der Waals surface area contributed by atoms with Crippen LogP contribution in [0, 0.1) is 0 Å². The first-order chi connectivity index (χ1) is 11.3. The second-order valence-electron chi connectivity index (χ2n) is 6.16. The number of ether oxygens (including phenoxy) is 2. The molecule has 0 atom stereocenters. The number of nitrogens with one attached hydrogen (secondary N) is 1. The predicted octanol–water partition coefficient (Wildman–Crippen LogP) is 2.90. The molecule has 1 amide bonds. The molecule has 24 heavy (non-hydrogen) atoms. The lowest BCUT2D eigenvalue weighted by molar-refractivity contribution is -0.116. The topological polar surface area (TPSA) is 84.9 Å². The minimum absolute atomic E-state index is 0.112. The molecule has 6 heteroatoms. The maximum absolute atomic E-state index is 11.8. The third kappa shape index (κ3) is 8.33. The van der Waals surface area contributed by atoms with Crippen molar-refractivity contribution in [2.75, 3.05) is 13.2 Å². The Morgan fingerprint density at radius 3 is 2.58 bits per heavy atom. The fourth-order valence-corrected chi connectivity index (χ4v) is 1.74. The zero-order valence-electron chi connectivity index (χ0n) is 14.4. The third-order valence-corrected chi connectivity index (χ3v) is 2.80. The van der Waals surface area contributed by atoms with E-state index in [0.29, 0.717) is 30.7 Å². The molecule has 1 aromatic rings. The van der Waals surface area contributed by atoms with Gasteiger partial charge in [0.15, 0.2) is 0 Å². The standard InChI is InChI=1S/C18H25NO5/c1-18(2,3)24-17(22)23-15-9-5-4-8-14(15)10-11-16(21)19-12-6-7-13-20/h4-5,8-11,20H,6-7,12-13H2,1-3H3,(H,19,21)/b11-10+. The number of unbranched alkanes of at least 4 members (excludes halogenated alkanes) is 1. The number of amides is 1. The molecule has 0 saturated heterocycles. The van der Waals surface area contributed by atoms with E-state index in [2.05, 4.69) is 5.32 Å². The van der Waals surface area contributed by atoms with Crippen LogP contribution in [0.3, 0.4) is 0 Å². The molecule has 0 fully saturated rings. The molecule has 2 N–H and O–H groups in total. The Labute approximate surface area is 142 Å². The van der Waals surface area contributed by atoms with Crippen molar-refractivity contribution in [3.8, 4) is 5.75 Å². The van der Waals surface area contributed by atoms with Crippen LogP contribution in [0.2, 0.25) is 0 Å². The van der Waals surface area contributed by atoms with Crippen molar-refractivity contribution in [1.29, 1.82) is 0 Å². The summed E-state index contributed by atoms with van der Waals surface area (Å²) in [4.78, 5) is 23.5. The molecular weight excluding hydrogens is 310 g/mol. The van der Waals surface area contributed by atoms with Crippen LogP contribution in [0.5, 0.6) is 5.75 Å². The highest BCUT2D eigenvalue weighted by molar-refractivity contribution is 5.92. The molecule has 0 aliphatic heterocycles. The average molecular weight is 335 g/mol. The minimum atomic E-state index is -0.795. The Bertz CT molecular complexity index is 575. The van der Waals surface area contributed by atoms with Gasteiger partial charge in [-0.05, 0) is 45.8 Å². The maximum Gasteiger partial charge on any atom is 0.514 e. The van der Waals surface area contributed by atoms with Gasteiger partial charge in [-0.1, -0.05) is 18.2 Å². The first-order valence-electron chi connectivity index (χ1n) is 7.88. The van der Waals surface area contributed by atoms with Crippen LogP contribution in [0.25, 0.3) is 6.08 Å². The van der Waals surface area contributed by atoms with E-state index >= 15 is 0 Å². The van der Waals surface area contributed by atoms with Gasteiger partial charge in [0.2, 0.25) is 5.91 Å². The van der Waals surface area contributed by atoms with E-state index in [-0.39, 0.29) is 12.5 Å². The molecule has 132 valence electrons. The zero-order chi connectivity index (χ0) is 18.0. The van der Waals surface area contributed by atoms with Crippen molar-refractivity contribution in [2.45, 2.75) is 39.2 Å². The molecule has 0 radical (unpaired) electrons. The Morgan fingerprint density at radius 2 is 1.92 bits per heavy atom. The normalized spacial score (nSPS) is 11.3. The molecule has 0 saturated carbocycles. The first kappa shape index (κ1) is 19.7. The monoisotopic (exact) mass is 335 g/mol. The second kappa shape index (κ2) is 9.72. The Balaban J connectivity index is 2.64. The number of benzene rings is 1. The molecule has 0 aliphatic carbocycles. The predicted molar refractivity (Wildman–Crippen MR) is 91.7 cm³/mol. The highest BCUT2D eigenvalue weighted by Crippen LogP contribution is 2.21. The van der Waals surface area contributed by atoms with Gasteiger partial charge in [-0.3, -0.25) is 4.79 Å². The van der Waals surface area contributed by atoms with Crippen LogP contribution < -0.4 is 10.1 Å². The number of hydrogen-bond donors (Lipinski definition) is 2. The van der Waals surface area contributed by atoms with Crippen molar-refractivity contribution in [2.24, 2.45) is 0 Å². The molecular formula is C18H25NO5. The SMILES string of the molecule is CC(C)(C)OC(=O)Oc1ccccc1/C=C/C(=O)NCCCCO. The number of aliphatic hydroxyl groups is 1. The Hall–Kier alpha value is -2.34. The van der Waals surface area contributed by atoms with Gasteiger partial charge in [0.25, 0.3) is 0 Å². The molecule has 0 unspecified atom stereocenters. The molecule has 0 spiro atoms. The molecule has 1 aromatic carbocycles. The van der Waals surface area contributed by atoms with Gasteiger partial charge in [-0.25, -0.2) is 4.79 Å². The third-order valence-electron chi connectivity index (χ3n) is 2.80. The fourth-order valence-electron chi connectivity index (χ4n) is 1.74. The number of hydrogen-bond acceptors (Lipinski definition) is 5. The molecule has 0 heterocycles. The van der Waals surface area contributed by atoms with E-state index < -0.39 is 11.8 Å². The zero-order valence-corrected chi connectivity index (χ0v) is 14.4. The van der Waals surface area contributed by atoms with Gasteiger partial charge < -0.3 is 19.9 Å².